The second-order valence-electron chi connectivity index (χ2n) is 5.37. The van der Waals surface area contributed by atoms with Crippen LogP contribution in [0.4, 0.5) is 17.1 Å². The second kappa shape index (κ2) is 8.08. The minimum atomic E-state index is -0.386. The van der Waals surface area contributed by atoms with Gasteiger partial charge in [0, 0.05) is 28.7 Å². The van der Waals surface area contributed by atoms with Crippen molar-refractivity contribution in [3.8, 4) is 5.75 Å². The highest BCUT2D eigenvalue weighted by molar-refractivity contribution is 6.35. The molecule has 26 heavy (non-hydrogen) atoms. The number of rotatable bonds is 5. The van der Waals surface area contributed by atoms with Crippen molar-refractivity contribution in [2.75, 3.05) is 17.7 Å². The molecule has 1 heterocycles. The van der Waals surface area contributed by atoms with E-state index in [0.29, 0.717) is 15.7 Å². The number of amides is 1. The summed E-state index contributed by atoms with van der Waals surface area (Å²) in [5, 5.41) is 6.80. The van der Waals surface area contributed by atoms with Crippen LogP contribution in [0.1, 0.15) is 10.5 Å². The largest absolute Gasteiger partial charge is 0.497 e. The molecule has 1 aromatic heterocycles. The van der Waals surface area contributed by atoms with E-state index in [1.807, 2.05) is 24.3 Å². The van der Waals surface area contributed by atoms with E-state index in [-0.39, 0.29) is 11.6 Å². The molecule has 5 nitrogen and oxygen atoms in total. The molecule has 2 aromatic carbocycles. The number of halogens is 2. The van der Waals surface area contributed by atoms with Crippen LogP contribution in [0, 0.1) is 0 Å². The van der Waals surface area contributed by atoms with E-state index >= 15 is 0 Å². The Hall–Kier alpha value is -2.76. The molecule has 0 saturated carbocycles. The average molecular weight is 388 g/mol. The summed E-state index contributed by atoms with van der Waals surface area (Å²) in [4.78, 5) is 16.6. The second-order valence-corrected chi connectivity index (χ2v) is 6.21. The maximum absolute atomic E-state index is 12.5. The first-order valence-corrected chi connectivity index (χ1v) is 8.44. The Morgan fingerprint density at radius 2 is 1.85 bits per heavy atom. The van der Waals surface area contributed by atoms with E-state index in [1.54, 1.807) is 43.6 Å². The molecule has 0 aliphatic rings. The van der Waals surface area contributed by atoms with Crippen LogP contribution >= 0.6 is 23.2 Å². The number of carbonyl (C=O) groups excluding carboxylic acids is 1. The highest BCUT2D eigenvalue weighted by Gasteiger charge is 2.11. The molecule has 0 aliphatic heterocycles. The molecule has 0 atom stereocenters. The molecule has 1 amide bonds. The molecular weight excluding hydrogens is 373 g/mol. The maximum Gasteiger partial charge on any atom is 0.274 e. The van der Waals surface area contributed by atoms with Gasteiger partial charge in [0.05, 0.1) is 17.8 Å². The lowest BCUT2D eigenvalue weighted by molar-refractivity contribution is 0.102. The van der Waals surface area contributed by atoms with Crippen molar-refractivity contribution >= 4 is 46.2 Å². The van der Waals surface area contributed by atoms with E-state index in [9.17, 15) is 4.79 Å². The molecule has 132 valence electrons. The van der Waals surface area contributed by atoms with Crippen LogP contribution < -0.4 is 15.4 Å². The Balaban J connectivity index is 1.77. The maximum atomic E-state index is 12.5. The molecule has 0 radical (unpaired) electrons. The van der Waals surface area contributed by atoms with E-state index in [4.69, 9.17) is 27.9 Å². The number of pyridine rings is 1. The van der Waals surface area contributed by atoms with Crippen LogP contribution in [-0.2, 0) is 0 Å². The van der Waals surface area contributed by atoms with Gasteiger partial charge in [-0.2, -0.15) is 0 Å². The molecule has 3 aromatic rings. The number of nitrogens with one attached hydrogen (secondary N) is 2. The number of benzene rings is 2. The van der Waals surface area contributed by atoms with Crippen molar-refractivity contribution in [2.45, 2.75) is 0 Å². The number of anilines is 3. The fourth-order valence-corrected chi connectivity index (χ4v) is 2.62. The minimum absolute atomic E-state index is 0.244. The molecule has 0 saturated heterocycles. The first-order valence-electron chi connectivity index (χ1n) is 7.69. The van der Waals surface area contributed by atoms with E-state index < -0.39 is 0 Å². The number of carbonyl (C=O) groups is 1. The summed E-state index contributed by atoms with van der Waals surface area (Å²) >= 11 is 12.0. The van der Waals surface area contributed by atoms with Crippen LogP contribution in [0.25, 0.3) is 0 Å². The molecule has 0 spiro atoms. The fourth-order valence-electron chi connectivity index (χ4n) is 2.28. The van der Waals surface area contributed by atoms with E-state index in [0.717, 1.165) is 17.1 Å². The molecule has 0 fully saturated rings. The molecule has 0 aliphatic carbocycles. The number of nitrogens with zero attached hydrogens (tertiary/aromatic N) is 1. The van der Waals surface area contributed by atoms with Gasteiger partial charge in [0.15, 0.2) is 0 Å². The van der Waals surface area contributed by atoms with Gasteiger partial charge in [0.1, 0.15) is 11.4 Å². The molecule has 7 heteroatoms. The lowest BCUT2D eigenvalue weighted by atomic mass is 10.2. The Morgan fingerprint density at radius 3 is 2.65 bits per heavy atom. The molecular formula is C19H15Cl2N3O2. The topological polar surface area (TPSA) is 63.2 Å². The van der Waals surface area contributed by atoms with Crippen LogP contribution in [0.15, 0.2) is 60.8 Å². The first kappa shape index (κ1) is 18.0. The van der Waals surface area contributed by atoms with Crippen LogP contribution in [0.5, 0.6) is 5.75 Å². The monoisotopic (exact) mass is 387 g/mol. The number of hydrogen-bond donors (Lipinski definition) is 2. The summed E-state index contributed by atoms with van der Waals surface area (Å²) in [5.41, 5.74) is 2.22. The number of methoxy groups -OCH3 is 1. The zero-order valence-electron chi connectivity index (χ0n) is 13.8. The van der Waals surface area contributed by atoms with Crippen molar-refractivity contribution in [1.82, 2.24) is 4.98 Å². The van der Waals surface area contributed by atoms with Gasteiger partial charge in [-0.25, -0.2) is 0 Å². The van der Waals surface area contributed by atoms with Crippen molar-refractivity contribution in [3.63, 3.8) is 0 Å². The zero-order chi connectivity index (χ0) is 18.5. The normalized spacial score (nSPS) is 10.3. The van der Waals surface area contributed by atoms with Gasteiger partial charge in [-0.15, -0.1) is 0 Å². The van der Waals surface area contributed by atoms with Gasteiger partial charge in [-0.05, 0) is 42.5 Å². The van der Waals surface area contributed by atoms with Gasteiger partial charge in [0.25, 0.3) is 5.91 Å². The third-order valence-electron chi connectivity index (χ3n) is 3.53. The number of ether oxygens (including phenoxy) is 1. The van der Waals surface area contributed by atoms with Gasteiger partial charge in [-0.3, -0.25) is 9.78 Å². The summed E-state index contributed by atoms with van der Waals surface area (Å²) in [6, 6.07) is 15.7. The summed E-state index contributed by atoms with van der Waals surface area (Å²) in [7, 11) is 1.61. The highest BCUT2D eigenvalue weighted by atomic mass is 35.5. The predicted molar refractivity (Wildman–Crippen MR) is 105 cm³/mol. The van der Waals surface area contributed by atoms with Crippen LogP contribution in [-0.4, -0.2) is 18.0 Å². The van der Waals surface area contributed by atoms with Gasteiger partial charge in [0.2, 0.25) is 0 Å². The van der Waals surface area contributed by atoms with Crippen LogP contribution in [0.3, 0.4) is 0 Å². The third kappa shape index (κ3) is 4.45. The summed E-state index contributed by atoms with van der Waals surface area (Å²) in [6.07, 6.45) is 1.55. The smallest absolute Gasteiger partial charge is 0.274 e. The Labute approximate surface area is 160 Å². The lowest BCUT2D eigenvalue weighted by Crippen LogP contribution is -2.14. The number of aromatic nitrogens is 1. The van der Waals surface area contributed by atoms with Gasteiger partial charge >= 0.3 is 0 Å². The lowest BCUT2D eigenvalue weighted by Gasteiger charge is -2.10. The molecule has 0 bridgehead atoms. The van der Waals surface area contributed by atoms with Gasteiger partial charge in [-0.1, -0.05) is 29.3 Å². The van der Waals surface area contributed by atoms with E-state index in [2.05, 4.69) is 15.6 Å². The van der Waals surface area contributed by atoms with Crippen molar-refractivity contribution < 1.29 is 9.53 Å². The van der Waals surface area contributed by atoms with Crippen molar-refractivity contribution in [1.29, 1.82) is 0 Å². The average Bonchev–Trinajstić information content (AvgIpc) is 2.65. The summed E-state index contributed by atoms with van der Waals surface area (Å²) in [6.45, 7) is 0. The predicted octanol–water partition coefficient (Wildman–Crippen LogP) is 5.39. The Kier molecular flexibility index (Phi) is 5.61. The van der Waals surface area contributed by atoms with Gasteiger partial charge < -0.3 is 15.4 Å². The molecule has 2 N–H and O–H groups in total. The highest BCUT2D eigenvalue weighted by Crippen LogP contribution is 2.26. The zero-order valence-corrected chi connectivity index (χ0v) is 15.3. The first-order chi connectivity index (χ1) is 12.5. The van der Waals surface area contributed by atoms with Crippen LogP contribution in [0.2, 0.25) is 10.0 Å². The summed E-state index contributed by atoms with van der Waals surface area (Å²) < 4.78 is 5.20. The minimum Gasteiger partial charge on any atom is -0.497 e. The third-order valence-corrected chi connectivity index (χ3v) is 4.09. The quantitative estimate of drug-likeness (QED) is 0.615. The fraction of sp³-hybridized carbons (Fsp3) is 0.0526. The molecule has 0 unspecified atom stereocenters. The SMILES string of the molecule is COc1cccc(Nc2ccnc(C(=O)Nc3cc(Cl)ccc3Cl)c2)c1. The standard InChI is InChI=1S/C19H15Cl2N3O2/c1-26-15-4-2-3-13(10-15)23-14-7-8-22-18(11-14)19(25)24-17-9-12(20)5-6-16(17)21/h2-11H,1H3,(H,22,23)(H,24,25). The van der Waals surface area contributed by atoms with E-state index in [1.165, 1.54) is 0 Å². The Bertz CT molecular complexity index is 948. The Morgan fingerprint density at radius 1 is 1.04 bits per heavy atom. The molecule has 3 rings (SSSR count). The number of hydrogen-bond acceptors (Lipinski definition) is 4. The summed E-state index contributed by atoms with van der Waals surface area (Å²) in [5.74, 6) is 0.348. The van der Waals surface area contributed by atoms with Crippen molar-refractivity contribution in [3.05, 3.63) is 76.5 Å². The van der Waals surface area contributed by atoms with Crippen molar-refractivity contribution in [2.24, 2.45) is 0 Å².